The van der Waals surface area contributed by atoms with Crippen LogP contribution in [0.25, 0.3) is 0 Å². The summed E-state index contributed by atoms with van der Waals surface area (Å²) in [5, 5.41) is 0. The minimum atomic E-state index is -3.81. The van der Waals surface area contributed by atoms with Crippen molar-refractivity contribution in [3.8, 4) is 0 Å². The second kappa shape index (κ2) is 6.90. The minimum Gasteiger partial charge on any atom is -0.399 e. The largest absolute Gasteiger partial charge is 0.399 e. The second-order valence-corrected chi connectivity index (χ2v) is 6.42. The van der Waals surface area contributed by atoms with E-state index in [1.54, 1.807) is 13.0 Å². The van der Waals surface area contributed by atoms with Gasteiger partial charge in [-0.05, 0) is 37.3 Å². The lowest BCUT2D eigenvalue weighted by atomic mass is 10.3. The maximum Gasteiger partial charge on any atom is 0.264 e. The number of ether oxygens (including phenoxy) is 2. The summed E-state index contributed by atoms with van der Waals surface area (Å²) in [6, 6.07) is 7.47. The molecule has 2 aromatic rings. The molecular weight excluding hydrogens is 320 g/mol. The van der Waals surface area contributed by atoms with Gasteiger partial charge in [0.15, 0.2) is 0 Å². The Balaban J connectivity index is 2.33. The van der Waals surface area contributed by atoms with Crippen molar-refractivity contribution in [2.75, 3.05) is 24.7 Å². The molecule has 1 aromatic carbocycles. The monoisotopic (exact) mass is 338 g/mol. The molecule has 8 nitrogen and oxygen atoms in total. The van der Waals surface area contributed by atoms with Crippen molar-refractivity contribution in [2.24, 2.45) is 0 Å². The number of nitrogens with one attached hydrogen (secondary N) is 1. The Bertz CT molecular complexity index is 774. The van der Waals surface area contributed by atoms with Gasteiger partial charge in [0, 0.05) is 25.6 Å². The third-order valence-corrected chi connectivity index (χ3v) is 4.30. The summed E-state index contributed by atoms with van der Waals surface area (Å²) < 4.78 is 37.3. The number of methoxy groups -OCH3 is 2. The molecule has 0 aliphatic carbocycles. The number of nitrogen functional groups attached to an aromatic ring is 1. The van der Waals surface area contributed by atoms with Crippen LogP contribution in [0.4, 0.5) is 11.6 Å². The number of hydrogen-bond donors (Lipinski definition) is 2. The van der Waals surface area contributed by atoms with E-state index in [2.05, 4.69) is 14.7 Å². The van der Waals surface area contributed by atoms with E-state index in [1.807, 2.05) is 0 Å². The number of hydrogen-bond acceptors (Lipinski definition) is 7. The number of aromatic nitrogens is 2. The molecule has 0 saturated carbocycles. The number of benzene rings is 1. The van der Waals surface area contributed by atoms with Crippen LogP contribution in [0, 0.1) is 6.92 Å². The fraction of sp³-hybridized carbons (Fsp3) is 0.286. The number of anilines is 2. The van der Waals surface area contributed by atoms with Crippen molar-refractivity contribution < 1.29 is 17.9 Å². The number of nitrogens with two attached hydrogens (primary N) is 1. The molecule has 124 valence electrons. The van der Waals surface area contributed by atoms with Gasteiger partial charge in [-0.15, -0.1) is 0 Å². The maximum absolute atomic E-state index is 12.3. The Kier molecular flexibility index (Phi) is 5.14. The van der Waals surface area contributed by atoms with Gasteiger partial charge in [0.25, 0.3) is 10.0 Å². The molecule has 0 radical (unpaired) electrons. The Hall–Kier alpha value is -2.23. The first-order valence-electron chi connectivity index (χ1n) is 6.65. The molecule has 23 heavy (non-hydrogen) atoms. The van der Waals surface area contributed by atoms with Gasteiger partial charge in [0.2, 0.25) is 12.2 Å². The van der Waals surface area contributed by atoms with Crippen LogP contribution in [0.5, 0.6) is 0 Å². The van der Waals surface area contributed by atoms with Gasteiger partial charge in [-0.3, -0.25) is 0 Å². The quantitative estimate of drug-likeness (QED) is 0.605. The summed E-state index contributed by atoms with van der Waals surface area (Å²) in [6.07, 6.45) is -0.712. The molecule has 3 N–H and O–H groups in total. The normalized spacial score (nSPS) is 11.7. The summed E-state index contributed by atoms with van der Waals surface area (Å²) in [4.78, 5) is 8.27. The van der Waals surface area contributed by atoms with E-state index >= 15 is 0 Å². The zero-order valence-electron chi connectivity index (χ0n) is 13.0. The van der Waals surface area contributed by atoms with Gasteiger partial charge in [-0.25, -0.2) is 23.1 Å². The van der Waals surface area contributed by atoms with Crippen molar-refractivity contribution in [1.29, 1.82) is 0 Å². The lowest BCUT2D eigenvalue weighted by molar-refractivity contribution is -0.108. The second-order valence-electron chi connectivity index (χ2n) is 4.74. The Morgan fingerprint density at radius 1 is 1.13 bits per heavy atom. The third-order valence-electron chi connectivity index (χ3n) is 2.96. The number of nitrogens with zero attached hydrogens (tertiary/aromatic N) is 2. The van der Waals surface area contributed by atoms with Crippen LogP contribution < -0.4 is 10.5 Å². The van der Waals surface area contributed by atoms with Crippen LogP contribution in [-0.4, -0.2) is 32.6 Å². The molecule has 0 amide bonds. The summed E-state index contributed by atoms with van der Waals surface area (Å²) in [5.41, 5.74) is 7.02. The minimum absolute atomic E-state index is 0.0593. The molecule has 9 heteroatoms. The highest BCUT2D eigenvalue weighted by molar-refractivity contribution is 7.92. The zero-order valence-corrected chi connectivity index (χ0v) is 13.8. The van der Waals surface area contributed by atoms with Crippen LogP contribution >= 0.6 is 0 Å². The Morgan fingerprint density at radius 3 is 2.30 bits per heavy atom. The van der Waals surface area contributed by atoms with E-state index in [-0.39, 0.29) is 10.8 Å². The van der Waals surface area contributed by atoms with E-state index in [4.69, 9.17) is 15.2 Å². The lowest BCUT2D eigenvalue weighted by Crippen LogP contribution is -2.17. The van der Waals surface area contributed by atoms with Crippen LogP contribution in [0.1, 0.15) is 17.7 Å². The molecular formula is C14H18N4O4S. The van der Waals surface area contributed by atoms with Gasteiger partial charge in [0.1, 0.15) is 5.69 Å². The van der Waals surface area contributed by atoms with E-state index < -0.39 is 16.3 Å². The molecule has 0 atom stereocenters. The van der Waals surface area contributed by atoms with Gasteiger partial charge in [0.05, 0.1) is 4.90 Å². The highest BCUT2D eigenvalue weighted by Gasteiger charge is 2.18. The number of rotatable bonds is 6. The van der Waals surface area contributed by atoms with E-state index in [0.717, 1.165) is 0 Å². The number of aryl methyl sites for hydroxylation is 1. The lowest BCUT2D eigenvalue weighted by Gasteiger charge is -2.14. The molecule has 0 spiro atoms. The van der Waals surface area contributed by atoms with Gasteiger partial charge >= 0.3 is 0 Å². The van der Waals surface area contributed by atoms with Crippen molar-refractivity contribution in [3.05, 3.63) is 41.7 Å². The highest BCUT2D eigenvalue weighted by atomic mass is 32.2. The molecule has 0 saturated heterocycles. The first kappa shape index (κ1) is 17.1. The summed E-state index contributed by atoms with van der Waals surface area (Å²) in [6.45, 7) is 1.72. The first-order valence-corrected chi connectivity index (χ1v) is 8.13. The molecule has 1 aromatic heterocycles. The molecule has 1 heterocycles. The Morgan fingerprint density at radius 2 is 1.74 bits per heavy atom. The Labute approximate surface area is 134 Å². The summed E-state index contributed by atoms with van der Waals surface area (Å²) >= 11 is 0. The van der Waals surface area contributed by atoms with Crippen LogP contribution in [-0.2, 0) is 19.5 Å². The van der Waals surface area contributed by atoms with E-state index in [0.29, 0.717) is 17.1 Å². The SMILES string of the molecule is COC(OC)c1cc(C)nc(NS(=O)(=O)c2ccc(N)cc2)n1. The molecule has 0 unspecified atom stereocenters. The zero-order chi connectivity index (χ0) is 17.0. The third kappa shape index (κ3) is 4.15. The van der Waals surface area contributed by atoms with Gasteiger partial charge in [-0.2, -0.15) is 0 Å². The van der Waals surface area contributed by atoms with Crippen molar-refractivity contribution >= 4 is 21.7 Å². The smallest absolute Gasteiger partial charge is 0.264 e. The maximum atomic E-state index is 12.3. The molecule has 0 fully saturated rings. The van der Waals surface area contributed by atoms with Crippen LogP contribution in [0.2, 0.25) is 0 Å². The fourth-order valence-electron chi connectivity index (χ4n) is 1.92. The van der Waals surface area contributed by atoms with Crippen molar-refractivity contribution in [1.82, 2.24) is 9.97 Å². The predicted molar refractivity (Wildman–Crippen MR) is 85.2 cm³/mol. The molecule has 0 aliphatic rings. The first-order chi connectivity index (χ1) is 10.9. The van der Waals surface area contributed by atoms with Crippen molar-refractivity contribution in [2.45, 2.75) is 18.1 Å². The van der Waals surface area contributed by atoms with Crippen LogP contribution in [0.3, 0.4) is 0 Å². The topological polar surface area (TPSA) is 116 Å². The average Bonchev–Trinajstić information content (AvgIpc) is 2.48. The summed E-state index contributed by atoms with van der Waals surface area (Å²) in [7, 11) is -0.891. The van der Waals surface area contributed by atoms with Gasteiger partial charge < -0.3 is 15.2 Å². The van der Waals surface area contributed by atoms with Gasteiger partial charge in [-0.1, -0.05) is 0 Å². The standard InChI is InChI=1S/C14H18N4O4S/c1-9-8-12(13(21-2)22-3)17-14(16-9)18-23(19,20)11-6-4-10(15)5-7-11/h4-8,13H,15H2,1-3H3,(H,16,17,18). The fourth-order valence-corrected chi connectivity index (χ4v) is 2.87. The van der Waals surface area contributed by atoms with E-state index in [1.165, 1.54) is 38.5 Å². The average molecular weight is 338 g/mol. The highest BCUT2D eigenvalue weighted by Crippen LogP contribution is 2.19. The van der Waals surface area contributed by atoms with Crippen molar-refractivity contribution in [3.63, 3.8) is 0 Å². The molecule has 2 rings (SSSR count). The predicted octanol–water partition coefficient (Wildman–Crippen LogP) is 1.46. The molecule has 0 bridgehead atoms. The number of sulfonamides is 1. The molecule has 0 aliphatic heterocycles. The van der Waals surface area contributed by atoms with Crippen LogP contribution in [0.15, 0.2) is 35.2 Å². The van der Waals surface area contributed by atoms with E-state index in [9.17, 15) is 8.42 Å². The summed E-state index contributed by atoms with van der Waals surface area (Å²) in [5.74, 6) is -0.0593.